The Morgan fingerprint density at radius 3 is 1.78 bits per heavy atom. The van der Waals surface area contributed by atoms with E-state index in [1.807, 2.05) is 84.9 Å². The molecule has 0 aliphatic heterocycles. The molecule has 3 aromatic heterocycles. The summed E-state index contributed by atoms with van der Waals surface area (Å²) in [6, 6.07) is 39.8. The quantitative estimate of drug-likeness (QED) is 0.299. The molecular weight excluding hydrogens is 444 g/mol. The van der Waals surface area contributed by atoms with E-state index in [-0.39, 0.29) is 5.56 Å². The predicted molar refractivity (Wildman–Crippen MR) is 144 cm³/mol. The molecule has 0 N–H and O–H groups in total. The molecule has 0 atom stereocenters. The molecule has 7 aromatic rings. The van der Waals surface area contributed by atoms with Crippen molar-refractivity contribution in [3.63, 3.8) is 0 Å². The van der Waals surface area contributed by atoms with Gasteiger partial charge in [-0.1, -0.05) is 84.9 Å². The molecule has 0 aliphatic rings. The van der Waals surface area contributed by atoms with Gasteiger partial charge in [0.15, 0.2) is 0 Å². The molecule has 0 spiro atoms. The third-order valence-corrected chi connectivity index (χ3v) is 6.53. The van der Waals surface area contributed by atoms with Crippen molar-refractivity contribution in [3.05, 3.63) is 132 Å². The van der Waals surface area contributed by atoms with Gasteiger partial charge < -0.3 is 0 Å². The lowest BCUT2D eigenvalue weighted by molar-refractivity contribution is 1.04. The van der Waals surface area contributed by atoms with Gasteiger partial charge in [-0.05, 0) is 36.4 Å². The monoisotopic (exact) mass is 464 g/mol. The maximum atomic E-state index is 13.6. The highest BCUT2D eigenvalue weighted by Crippen LogP contribution is 2.30. The Hall–Kier alpha value is -5.03. The Labute approximate surface area is 206 Å². The van der Waals surface area contributed by atoms with E-state index in [0.29, 0.717) is 16.7 Å². The highest BCUT2D eigenvalue weighted by atomic mass is 16.1. The smallest absolute Gasteiger partial charge is 0.267 e. The molecule has 0 radical (unpaired) electrons. The zero-order valence-corrected chi connectivity index (χ0v) is 19.2. The van der Waals surface area contributed by atoms with E-state index in [4.69, 9.17) is 9.97 Å². The van der Waals surface area contributed by atoms with Crippen LogP contribution < -0.4 is 5.56 Å². The zero-order chi connectivity index (χ0) is 24.1. The van der Waals surface area contributed by atoms with E-state index in [1.165, 1.54) is 0 Å². The maximum Gasteiger partial charge on any atom is 0.267 e. The van der Waals surface area contributed by atoms with Crippen LogP contribution >= 0.6 is 0 Å². The number of aromatic nitrogens is 4. The van der Waals surface area contributed by atoms with Crippen LogP contribution in [0.2, 0.25) is 0 Å². The number of pyridine rings is 1. The average Bonchev–Trinajstić information content (AvgIpc) is 3.28. The number of benzene rings is 4. The van der Waals surface area contributed by atoms with Gasteiger partial charge in [0, 0.05) is 11.1 Å². The lowest BCUT2D eigenvalue weighted by atomic mass is 10.1. The first-order chi connectivity index (χ1) is 17.8. The fourth-order valence-corrected chi connectivity index (χ4v) is 4.85. The second kappa shape index (κ2) is 8.03. The molecule has 3 heterocycles. The summed E-state index contributed by atoms with van der Waals surface area (Å²) in [7, 11) is 0. The van der Waals surface area contributed by atoms with E-state index in [2.05, 4.69) is 41.0 Å². The molecule has 0 fully saturated rings. The molecular formula is C31H20N4O. The predicted octanol–water partition coefficient (Wildman–Crippen LogP) is 6.52. The van der Waals surface area contributed by atoms with Gasteiger partial charge in [0.25, 0.3) is 5.56 Å². The SMILES string of the molecule is O=c1c2ccccc2nc2n(-c3cc(-c4ccccc4)nc(-c4ccccc4)c3)c3ccccc3n12. The first-order valence-corrected chi connectivity index (χ1v) is 11.8. The minimum Gasteiger partial charge on any atom is -0.278 e. The van der Waals surface area contributed by atoms with Gasteiger partial charge in [-0.2, -0.15) is 0 Å². The molecule has 0 unspecified atom stereocenters. The van der Waals surface area contributed by atoms with Crippen molar-refractivity contribution in [2.75, 3.05) is 0 Å². The minimum absolute atomic E-state index is 0.0776. The summed E-state index contributed by atoms with van der Waals surface area (Å²) in [5.41, 5.74) is 6.96. The van der Waals surface area contributed by atoms with Crippen molar-refractivity contribution in [2.24, 2.45) is 0 Å². The van der Waals surface area contributed by atoms with Gasteiger partial charge in [-0.15, -0.1) is 0 Å². The summed E-state index contributed by atoms with van der Waals surface area (Å²) in [4.78, 5) is 23.6. The second-order valence-electron chi connectivity index (χ2n) is 8.72. The first kappa shape index (κ1) is 20.4. The Balaban J connectivity index is 1.62. The third kappa shape index (κ3) is 3.14. The van der Waals surface area contributed by atoms with E-state index in [1.54, 1.807) is 4.40 Å². The van der Waals surface area contributed by atoms with Gasteiger partial charge >= 0.3 is 0 Å². The van der Waals surface area contributed by atoms with Crippen LogP contribution in [-0.4, -0.2) is 18.9 Å². The van der Waals surface area contributed by atoms with E-state index in [9.17, 15) is 4.79 Å². The van der Waals surface area contributed by atoms with Crippen molar-refractivity contribution in [1.29, 1.82) is 0 Å². The Morgan fingerprint density at radius 2 is 1.11 bits per heavy atom. The Morgan fingerprint density at radius 1 is 0.556 bits per heavy atom. The van der Waals surface area contributed by atoms with E-state index >= 15 is 0 Å². The summed E-state index contributed by atoms with van der Waals surface area (Å²) in [6.07, 6.45) is 0. The fraction of sp³-hybridized carbons (Fsp3) is 0. The zero-order valence-electron chi connectivity index (χ0n) is 19.2. The normalized spacial score (nSPS) is 11.4. The van der Waals surface area contributed by atoms with Gasteiger partial charge in [-0.3, -0.25) is 9.36 Å². The van der Waals surface area contributed by atoms with Crippen molar-refractivity contribution >= 4 is 27.7 Å². The van der Waals surface area contributed by atoms with Crippen LogP contribution in [-0.2, 0) is 0 Å². The third-order valence-electron chi connectivity index (χ3n) is 6.53. The van der Waals surface area contributed by atoms with Crippen LogP contribution in [0.3, 0.4) is 0 Å². The first-order valence-electron chi connectivity index (χ1n) is 11.8. The summed E-state index contributed by atoms with van der Waals surface area (Å²) in [5.74, 6) is 0.573. The van der Waals surface area contributed by atoms with Gasteiger partial charge in [0.2, 0.25) is 5.78 Å². The Bertz CT molecular complexity index is 1900. The molecule has 4 aromatic carbocycles. The Kier molecular flexibility index (Phi) is 4.54. The number of hydrogen-bond acceptors (Lipinski definition) is 3. The minimum atomic E-state index is -0.0776. The van der Waals surface area contributed by atoms with Gasteiger partial charge in [0.1, 0.15) is 0 Å². The summed E-state index contributed by atoms with van der Waals surface area (Å²) in [5, 5.41) is 0.600. The second-order valence-corrected chi connectivity index (χ2v) is 8.72. The number of nitrogens with zero attached hydrogens (tertiary/aromatic N) is 4. The van der Waals surface area contributed by atoms with Crippen molar-refractivity contribution in [3.8, 4) is 28.2 Å². The molecule has 5 heteroatoms. The van der Waals surface area contributed by atoms with Crippen LogP contribution in [0.4, 0.5) is 0 Å². The largest absolute Gasteiger partial charge is 0.278 e. The van der Waals surface area contributed by atoms with E-state index in [0.717, 1.165) is 39.2 Å². The van der Waals surface area contributed by atoms with Crippen molar-refractivity contribution < 1.29 is 0 Å². The maximum absolute atomic E-state index is 13.6. The number of hydrogen-bond donors (Lipinski definition) is 0. The summed E-state index contributed by atoms with van der Waals surface area (Å²) >= 11 is 0. The van der Waals surface area contributed by atoms with Crippen LogP contribution in [0.25, 0.3) is 55.9 Å². The van der Waals surface area contributed by atoms with Crippen LogP contribution in [0.15, 0.2) is 126 Å². The lowest BCUT2D eigenvalue weighted by Crippen LogP contribution is -2.15. The highest BCUT2D eigenvalue weighted by Gasteiger charge is 2.18. The molecule has 0 bridgehead atoms. The number of rotatable bonds is 3. The van der Waals surface area contributed by atoms with Gasteiger partial charge in [-0.25, -0.2) is 14.4 Å². The molecule has 36 heavy (non-hydrogen) atoms. The van der Waals surface area contributed by atoms with Gasteiger partial charge in [0.05, 0.1) is 39.0 Å². The lowest BCUT2D eigenvalue weighted by Gasteiger charge is -2.12. The van der Waals surface area contributed by atoms with Crippen molar-refractivity contribution in [1.82, 2.24) is 18.9 Å². The average molecular weight is 465 g/mol. The molecule has 0 aliphatic carbocycles. The standard InChI is InChI=1S/C31H20N4O/c36-30-24-15-7-8-16-25(24)33-31-34(28-17-9-10-18-29(28)35(30)31)23-19-26(21-11-3-1-4-12-21)32-27(20-23)22-13-5-2-6-14-22/h1-20H. The number of fused-ring (bicyclic) bond motifs is 4. The molecule has 0 amide bonds. The van der Waals surface area contributed by atoms with Crippen molar-refractivity contribution in [2.45, 2.75) is 0 Å². The van der Waals surface area contributed by atoms with Crippen LogP contribution in [0, 0.1) is 0 Å². The van der Waals surface area contributed by atoms with E-state index < -0.39 is 0 Å². The summed E-state index contributed by atoms with van der Waals surface area (Å²) in [6.45, 7) is 0. The molecule has 7 rings (SSSR count). The summed E-state index contributed by atoms with van der Waals surface area (Å²) < 4.78 is 3.77. The molecule has 170 valence electrons. The van der Waals surface area contributed by atoms with Crippen LogP contribution in [0.5, 0.6) is 0 Å². The molecule has 5 nitrogen and oxygen atoms in total. The fourth-order valence-electron chi connectivity index (χ4n) is 4.85. The number of para-hydroxylation sites is 3. The number of imidazole rings is 1. The van der Waals surface area contributed by atoms with Crippen LogP contribution in [0.1, 0.15) is 0 Å². The topological polar surface area (TPSA) is 52.2 Å². The molecule has 0 saturated heterocycles. The molecule has 0 saturated carbocycles. The highest BCUT2D eigenvalue weighted by molar-refractivity contribution is 5.88.